The Kier molecular flexibility index (Phi) is 12.5. The molecule has 0 aliphatic rings. The first-order valence-corrected chi connectivity index (χ1v) is 12.0. The molecule has 0 amide bonds. The molecule has 0 unspecified atom stereocenters. The lowest BCUT2D eigenvalue weighted by Crippen LogP contribution is -2.04. The van der Waals surface area contributed by atoms with E-state index in [2.05, 4.69) is 0 Å². The van der Waals surface area contributed by atoms with Crippen molar-refractivity contribution in [3.63, 3.8) is 0 Å². The quantitative estimate of drug-likeness (QED) is 0.199. The van der Waals surface area contributed by atoms with Gasteiger partial charge >= 0.3 is 11.9 Å². The van der Waals surface area contributed by atoms with Crippen molar-refractivity contribution in [1.29, 1.82) is 0 Å². The van der Waals surface area contributed by atoms with E-state index < -0.39 is 11.9 Å². The molecular formula is C28H34O10. The van der Waals surface area contributed by atoms with Crippen molar-refractivity contribution in [3.8, 4) is 28.7 Å². The minimum absolute atomic E-state index is 0.276. The lowest BCUT2D eigenvalue weighted by atomic mass is 10.1. The van der Waals surface area contributed by atoms with Gasteiger partial charge in [-0.05, 0) is 73.2 Å². The van der Waals surface area contributed by atoms with Gasteiger partial charge in [0.05, 0.1) is 41.2 Å². The Morgan fingerprint density at radius 3 is 1.53 bits per heavy atom. The molecule has 38 heavy (non-hydrogen) atoms. The summed E-state index contributed by atoms with van der Waals surface area (Å²) < 4.78 is 27.9. The second kappa shape index (κ2) is 15.8. The van der Waals surface area contributed by atoms with Gasteiger partial charge in [-0.3, -0.25) is 0 Å². The third kappa shape index (κ3) is 9.36. The zero-order chi connectivity index (χ0) is 27.9. The standard InChI is InChI=1S/C28H34O10/c1-34-22-15-19(8-10-25(30)31)14-21(18-29)27(22)37-12-6-4-5-7-13-38-28-23(35-2)16-20(9-11-26(32)33)17-24(28)36-3/h8-11,14-17,29H,4-7,12-13,18H2,1-3H3,(H,30,31)(H,32,33)/b10-8+,11-9+. The maximum absolute atomic E-state index is 10.8. The average molecular weight is 531 g/mol. The van der Waals surface area contributed by atoms with Gasteiger partial charge in [-0.1, -0.05) is 0 Å². The number of hydrogen-bond acceptors (Lipinski definition) is 8. The van der Waals surface area contributed by atoms with Crippen LogP contribution in [-0.2, 0) is 16.2 Å². The first kappa shape index (κ1) is 30.0. The second-order valence-electron chi connectivity index (χ2n) is 8.08. The van der Waals surface area contributed by atoms with Crippen molar-refractivity contribution in [2.45, 2.75) is 32.3 Å². The smallest absolute Gasteiger partial charge is 0.328 e. The summed E-state index contributed by atoms with van der Waals surface area (Å²) in [5.41, 5.74) is 1.70. The summed E-state index contributed by atoms with van der Waals surface area (Å²) in [6.45, 7) is 0.578. The first-order chi connectivity index (χ1) is 18.3. The maximum atomic E-state index is 10.8. The molecule has 0 saturated heterocycles. The molecule has 10 nitrogen and oxygen atoms in total. The van der Waals surface area contributed by atoms with Crippen LogP contribution in [0.5, 0.6) is 28.7 Å². The van der Waals surface area contributed by atoms with Crippen molar-refractivity contribution in [1.82, 2.24) is 0 Å². The normalized spacial score (nSPS) is 11.1. The van der Waals surface area contributed by atoms with Crippen LogP contribution in [0.25, 0.3) is 12.2 Å². The lowest BCUT2D eigenvalue weighted by Gasteiger charge is -2.16. The number of aliphatic hydroxyl groups excluding tert-OH is 1. The number of benzene rings is 2. The Hall–Kier alpha value is -4.18. The SMILES string of the molecule is COc1cc(/C=C/C(=O)O)cc(CO)c1OCCCCCCOc1c(OC)cc(/C=C/C(=O)O)cc1OC. The Balaban J connectivity index is 1.85. The molecule has 0 spiro atoms. The van der Waals surface area contributed by atoms with Gasteiger partial charge in [0.15, 0.2) is 23.0 Å². The van der Waals surface area contributed by atoms with Crippen molar-refractivity contribution >= 4 is 24.1 Å². The van der Waals surface area contributed by atoms with E-state index in [0.717, 1.165) is 37.8 Å². The molecule has 2 aromatic carbocycles. The summed E-state index contributed by atoms with van der Waals surface area (Å²) in [6, 6.07) is 6.67. The number of methoxy groups -OCH3 is 3. The molecule has 0 fully saturated rings. The number of aliphatic carboxylic acids is 2. The molecule has 0 radical (unpaired) electrons. The molecule has 0 bridgehead atoms. The molecule has 0 saturated carbocycles. The van der Waals surface area contributed by atoms with E-state index in [1.165, 1.54) is 33.5 Å². The predicted molar refractivity (Wildman–Crippen MR) is 141 cm³/mol. The van der Waals surface area contributed by atoms with Crippen molar-refractivity contribution < 1.29 is 48.6 Å². The van der Waals surface area contributed by atoms with Gasteiger partial charge in [0.25, 0.3) is 0 Å². The van der Waals surface area contributed by atoms with Crippen LogP contribution in [0.1, 0.15) is 42.4 Å². The van der Waals surface area contributed by atoms with E-state index in [0.29, 0.717) is 58.7 Å². The van der Waals surface area contributed by atoms with Gasteiger partial charge in [-0.25, -0.2) is 9.59 Å². The highest BCUT2D eigenvalue weighted by molar-refractivity contribution is 5.86. The molecule has 2 aromatic rings. The van der Waals surface area contributed by atoms with Crippen LogP contribution in [0.15, 0.2) is 36.4 Å². The van der Waals surface area contributed by atoms with Gasteiger partial charge in [0.1, 0.15) is 0 Å². The summed E-state index contributed by atoms with van der Waals surface area (Å²) in [5, 5.41) is 27.4. The third-order valence-electron chi connectivity index (χ3n) is 5.40. The zero-order valence-electron chi connectivity index (χ0n) is 21.8. The van der Waals surface area contributed by atoms with Gasteiger partial charge < -0.3 is 39.0 Å². The van der Waals surface area contributed by atoms with Crippen LogP contribution in [0, 0.1) is 0 Å². The molecule has 10 heteroatoms. The van der Waals surface area contributed by atoms with E-state index in [1.807, 2.05) is 0 Å². The third-order valence-corrected chi connectivity index (χ3v) is 5.40. The summed E-state index contributed by atoms with van der Waals surface area (Å²) in [7, 11) is 4.49. The largest absolute Gasteiger partial charge is 0.493 e. The minimum Gasteiger partial charge on any atom is -0.493 e. The number of hydrogen-bond donors (Lipinski definition) is 3. The van der Waals surface area contributed by atoms with Gasteiger partial charge in [-0.2, -0.15) is 0 Å². The van der Waals surface area contributed by atoms with Crippen LogP contribution >= 0.6 is 0 Å². The van der Waals surface area contributed by atoms with Crippen LogP contribution in [0.3, 0.4) is 0 Å². The Morgan fingerprint density at radius 1 is 0.684 bits per heavy atom. The number of carboxylic acid groups (broad SMARTS) is 2. The Morgan fingerprint density at radius 2 is 1.11 bits per heavy atom. The van der Waals surface area contributed by atoms with Crippen LogP contribution in [0.2, 0.25) is 0 Å². The molecule has 0 aliphatic carbocycles. The zero-order valence-corrected chi connectivity index (χ0v) is 21.8. The van der Waals surface area contributed by atoms with Gasteiger partial charge in [0, 0.05) is 17.7 Å². The van der Waals surface area contributed by atoms with Crippen LogP contribution in [0.4, 0.5) is 0 Å². The summed E-state index contributed by atoms with van der Waals surface area (Å²) in [4.78, 5) is 21.6. The molecule has 0 atom stereocenters. The maximum Gasteiger partial charge on any atom is 0.328 e. The number of carbonyl (C=O) groups is 2. The molecular weight excluding hydrogens is 496 g/mol. The summed E-state index contributed by atoms with van der Waals surface area (Å²) in [6.07, 6.45) is 8.24. The topological polar surface area (TPSA) is 141 Å². The monoisotopic (exact) mass is 530 g/mol. The summed E-state index contributed by atoms with van der Waals surface area (Å²) >= 11 is 0. The van der Waals surface area contributed by atoms with Crippen LogP contribution in [-0.4, -0.2) is 61.8 Å². The number of carboxylic acids is 2. The number of rotatable bonds is 17. The van der Waals surface area contributed by atoms with Crippen molar-refractivity contribution in [3.05, 3.63) is 53.1 Å². The highest BCUT2D eigenvalue weighted by Gasteiger charge is 2.14. The number of unbranched alkanes of at least 4 members (excludes halogenated alkanes) is 3. The highest BCUT2D eigenvalue weighted by Crippen LogP contribution is 2.39. The molecule has 3 N–H and O–H groups in total. The molecule has 2 rings (SSSR count). The van der Waals surface area contributed by atoms with Crippen molar-refractivity contribution in [2.75, 3.05) is 34.5 Å². The molecule has 0 heterocycles. The second-order valence-corrected chi connectivity index (χ2v) is 8.08. The molecule has 0 aliphatic heterocycles. The lowest BCUT2D eigenvalue weighted by molar-refractivity contribution is -0.132. The van der Waals surface area contributed by atoms with Crippen molar-refractivity contribution in [2.24, 2.45) is 0 Å². The first-order valence-electron chi connectivity index (χ1n) is 12.0. The Labute approximate surface area is 221 Å². The fourth-order valence-corrected chi connectivity index (χ4v) is 3.59. The number of ether oxygens (including phenoxy) is 5. The minimum atomic E-state index is -1.07. The van der Waals surface area contributed by atoms with E-state index in [-0.39, 0.29) is 6.61 Å². The predicted octanol–water partition coefficient (Wildman–Crippen LogP) is 4.42. The van der Waals surface area contributed by atoms with E-state index in [1.54, 1.807) is 24.3 Å². The Bertz CT molecular complexity index is 997. The van der Waals surface area contributed by atoms with E-state index in [4.69, 9.17) is 33.9 Å². The molecule has 0 aromatic heterocycles. The fraction of sp³-hybridized carbons (Fsp3) is 0.357. The van der Waals surface area contributed by atoms with Gasteiger partial charge in [0.2, 0.25) is 5.75 Å². The van der Waals surface area contributed by atoms with Crippen LogP contribution < -0.4 is 23.7 Å². The van der Waals surface area contributed by atoms with Gasteiger partial charge in [-0.15, -0.1) is 0 Å². The van der Waals surface area contributed by atoms with E-state index in [9.17, 15) is 14.7 Å². The number of aliphatic hydroxyl groups is 1. The molecule has 206 valence electrons. The highest BCUT2D eigenvalue weighted by atomic mass is 16.5. The summed E-state index contributed by atoms with van der Waals surface area (Å²) in [5.74, 6) is 0.0821. The fourth-order valence-electron chi connectivity index (χ4n) is 3.59. The van der Waals surface area contributed by atoms with E-state index >= 15 is 0 Å². The average Bonchev–Trinajstić information content (AvgIpc) is 2.91.